The number of carbonyl (C=O) groups excluding carboxylic acids is 1. The lowest BCUT2D eigenvalue weighted by molar-refractivity contribution is -0.133. The van der Waals surface area contributed by atoms with Crippen LogP contribution in [0.1, 0.15) is 24.0 Å². The molecule has 0 aliphatic heterocycles. The van der Waals surface area contributed by atoms with Gasteiger partial charge in [0.15, 0.2) is 6.61 Å². The van der Waals surface area contributed by atoms with Gasteiger partial charge in [-0.25, -0.2) is 0 Å². The van der Waals surface area contributed by atoms with E-state index >= 15 is 0 Å². The van der Waals surface area contributed by atoms with Gasteiger partial charge in [-0.2, -0.15) is 0 Å². The summed E-state index contributed by atoms with van der Waals surface area (Å²) in [5.74, 6) is 1.02. The van der Waals surface area contributed by atoms with Gasteiger partial charge in [-0.1, -0.05) is 12.1 Å². The first-order valence-electron chi connectivity index (χ1n) is 7.09. The number of aryl methyl sites for hydroxylation is 2. The van der Waals surface area contributed by atoms with Crippen LogP contribution in [0.5, 0.6) is 5.75 Å². The number of nitrogens with zero attached hydrogens (tertiary/aromatic N) is 1. The smallest absolute Gasteiger partial charge is 0.260 e. The van der Waals surface area contributed by atoms with Gasteiger partial charge in [0.1, 0.15) is 5.75 Å². The highest BCUT2D eigenvalue weighted by atomic mass is 16.5. The van der Waals surface area contributed by atoms with Gasteiger partial charge in [0, 0.05) is 13.6 Å². The molecule has 0 heterocycles. The molecule has 0 spiro atoms. The van der Waals surface area contributed by atoms with Crippen LogP contribution in [0.2, 0.25) is 0 Å². The van der Waals surface area contributed by atoms with Crippen molar-refractivity contribution < 1.29 is 14.6 Å². The Kier molecular flexibility index (Phi) is 4.65. The van der Waals surface area contributed by atoms with Crippen LogP contribution >= 0.6 is 0 Å². The summed E-state index contributed by atoms with van der Waals surface area (Å²) in [6, 6.07) is 5.93. The molecule has 2 rings (SSSR count). The molecule has 1 saturated carbocycles. The van der Waals surface area contributed by atoms with Crippen LogP contribution in [0.4, 0.5) is 0 Å². The molecule has 1 aliphatic carbocycles. The quantitative estimate of drug-likeness (QED) is 0.864. The molecule has 1 atom stereocenters. The number of benzene rings is 1. The number of rotatable bonds is 6. The number of aliphatic hydroxyl groups excluding tert-OH is 1. The van der Waals surface area contributed by atoms with Crippen LogP contribution in [0, 0.1) is 19.8 Å². The first kappa shape index (κ1) is 14.9. The monoisotopic (exact) mass is 277 g/mol. The maximum atomic E-state index is 12.0. The van der Waals surface area contributed by atoms with Crippen molar-refractivity contribution in [1.29, 1.82) is 0 Å². The molecule has 1 unspecified atom stereocenters. The van der Waals surface area contributed by atoms with Gasteiger partial charge in [0.05, 0.1) is 6.10 Å². The molecule has 20 heavy (non-hydrogen) atoms. The minimum atomic E-state index is -0.398. The highest BCUT2D eigenvalue weighted by molar-refractivity contribution is 5.77. The van der Waals surface area contributed by atoms with Crippen molar-refractivity contribution in [2.75, 3.05) is 20.2 Å². The van der Waals surface area contributed by atoms with Crippen LogP contribution in [0.25, 0.3) is 0 Å². The largest absolute Gasteiger partial charge is 0.483 e. The van der Waals surface area contributed by atoms with Crippen LogP contribution in [-0.2, 0) is 4.79 Å². The van der Waals surface area contributed by atoms with E-state index in [-0.39, 0.29) is 12.5 Å². The molecule has 1 aliphatic rings. The standard InChI is InChI=1S/C16H23NO3/c1-11-4-5-12(2)15(8-11)20-10-16(19)17(3)9-14(18)13-6-7-13/h4-5,8,13-14,18H,6-7,9-10H2,1-3H3. The van der Waals surface area contributed by atoms with Gasteiger partial charge in [-0.3, -0.25) is 4.79 Å². The zero-order valence-corrected chi connectivity index (χ0v) is 12.4. The minimum Gasteiger partial charge on any atom is -0.483 e. The summed E-state index contributed by atoms with van der Waals surface area (Å²) in [5, 5.41) is 9.84. The lowest BCUT2D eigenvalue weighted by Gasteiger charge is -2.21. The van der Waals surface area contributed by atoms with E-state index in [0.29, 0.717) is 12.5 Å². The fraction of sp³-hybridized carbons (Fsp3) is 0.562. The average molecular weight is 277 g/mol. The molecule has 1 N–H and O–H groups in total. The number of likely N-dealkylation sites (N-methyl/N-ethyl adjacent to an activating group) is 1. The highest BCUT2D eigenvalue weighted by Crippen LogP contribution is 2.32. The summed E-state index contributed by atoms with van der Waals surface area (Å²) < 4.78 is 5.59. The van der Waals surface area contributed by atoms with Crippen molar-refractivity contribution in [2.24, 2.45) is 5.92 Å². The molecule has 1 amide bonds. The summed E-state index contributed by atoms with van der Waals surface area (Å²) in [4.78, 5) is 13.5. The molecule has 0 bridgehead atoms. The molecule has 110 valence electrons. The third kappa shape index (κ3) is 3.97. The van der Waals surface area contributed by atoms with E-state index in [2.05, 4.69) is 0 Å². The molecule has 0 aromatic heterocycles. The normalized spacial score (nSPS) is 15.8. The summed E-state index contributed by atoms with van der Waals surface area (Å²) in [7, 11) is 1.71. The van der Waals surface area contributed by atoms with Crippen molar-refractivity contribution in [3.63, 3.8) is 0 Å². The van der Waals surface area contributed by atoms with Gasteiger partial charge in [0.2, 0.25) is 0 Å². The molecule has 1 aromatic carbocycles. The van der Waals surface area contributed by atoms with E-state index < -0.39 is 6.10 Å². The number of hydrogen-bond donors (Lipinski definition) is 1. The maximum absolute atomic E-state index is 12.0. The van der Waals surface area contributed by atoms with E-state index in [4.69, 9.17) is 4.74 Å². The molecular weight excluding hydrogens is 254 g/mol. The molecule has 4 heteroatoms. The highest BCUT2D eigenvalue weighted by Gasteiger charge is 2.31. The van der Waals surface area contributed by atoms with E-state index in [9.17, 15) is 9.90 Å². The predicted molar refractivity (Wildman–Crippen MR) is 77.8 cm³/mol. The van der Waals surface area contributed by atoms with Gasteiger partial charge in [-0.15, -0.1) is 0 Å². The van der Waals surface area contributed by atoms with Gasteiger partial charge in [0.25, 0.3) is 5.91 Å². The lowest BCUT2D eigenvalue weighted by Crippen LogP contribution is -2.38. The van der Waals surface area contributed by atoms with E-state index in [1.807, 2.05) is 32.0 Å². The Balaban J connectivity index is 1.83. The molecule has 0 saturated heterocycles. The maximum Gasteiger partial charge on any atom is 0.260 e. The summed E-state index contributed by atoms with van der Waals surface area (Å²) >= 11 is 0. The fourth-order valence-corrected chi connectivity index (χ4v) is 2.12. The summed E-state index contributed by atoms with van der Waals surface area (Å²) in [5.41, 5.74) is 2.12. The Morgan fingerprint density at radius 1 is 1.45 bits per heavy atom. The molecule has 1 fully saturated rings. The molecular formula is C16H23NO3. The van der Waals surface area contributed by atoms with Crippen molar-refractivity contribution in [3.05, 3.63) is 29.3 Å². The number of carbonyl (C=O) groups is 1. The zero-order valence-electron chi connectivity index (χ0n) is 12.4. The van der Waals surface area contributed by atoms with Gasteiger partial charge in [-0.05, 0) is 49.8 Å². The SMILES string of the molecule is Cc1ccc(C)c(OCC(=O)N(C)CC(O)C2CC2)c1. The summed E-state index contributed by atoms with van der Waals surface area (Å²) in [6.45, 7) is 4.35. The van der Waals surface area contributed by atoms with Crippen LogP contribution in [0.15, 0.2) is 18.2 Å². The second kappa shape index (κ2) is 6.27. The van der Waals surface area contributed by atoms with Crippen LogP contribution in [0.3, 0.4) is 0 Å². The third-order valence-corrected chi connectivity index (χ3v) is 3.75. The van der Waals surface area contributed by atoms with Crippen molar-refractivity contribution in [1.82, 2.24) is 4.90 Å². The Morgan fingerprint density at radius 2 is 2.15 bits per heavy atom. The van der Waals surface area contributed by atoms with Gasteiger partial charge < -0.3 is 14.7 Å². The number of hydrogen-bond acceptors (Lipinski definition) is 3. The van der Waals surface area contributed by atoms with Crippen LogP contribution < -0.4 is 4.74 Å². The first-order valence-corrected chi connectivity index (χ1v) is 7.09. The number of aliphatic hydroxyl groups is 1. The van der Waals surface area contributed by atoms with Crippen molar-refractivity contribution in [2.45, 2.75) is 32.8 Å². The Bertz CT molecular complexity index is 483. The fourth-order valence-electron chi connectivity index (χ4n) is 2.12. The molecule has 1 aromatic rings. The molecule has 4 nitrogen and oxygen atoms in total. The number of ether oxygens (including phenoxy) is 1. The van der Waals surface area contributed by atoms with Crippen molar-refractivity contribution >= 4 is 5.91 Å². The van der Waals surface area contributed by atoms with E-state index in [0.717, 1.165) is 29.7 Å². The third-order valence-electron chi connectivity index (χ3n) is 3.75. The zero-order chi connectivity index (χ0) is 14.7. The first-order chi connectivity index (χ1) is 9.47. The Morgan fingerprint density at radius 3 is 2.80 bits per heavy atom. The second-order valence-electron chi connectivity index (χ2n) is 5.74. The summed E-state index contributed by atoms with van der Waals surface area (Å²) in [6.07, 6.45) is 1.74. The topological polar surface area (TPSA) is 49.8 Å². The predicted octanol–water partition coefficient (Wildman–Crippen LogP) is 1.91. The average Bonchev–Trinajstić information content (AvgIpc) is 3.23. The minimum absolute atomic E-state index is 0.0121. The van der Waals surface area contributed by atoms with Crippen molar-refractivity contribution in [3.8, 4) is 5.75 Å². The lowest BCUT2D eigenvalue weighted by atomic mass is 10.1. The molecule has 0 radical (unpaired) electrons. The Labute approximate surface area is 120 Å². The van der Waals surface area contributed by atoms with E-state index in [1.54, 1.807) is 11.9 Å². The Hall–Kier alpha value is -1.55. The van der Waals surface area contributed by atoms with Gasteiger partial charge >= 0.3 is 0 Å². The van der Waals surface area contributed by atoms with E-state index in [1.165, 1.54) is 0 Å². The van der Waals surface area contributed by atoms with Crippen LogP contribution in [-0.4, -0.2) is 42.2 Å². The number of amides is 1. The second-order valence-corrected chi connectivity index (χ2v) is 5.74.